The average Bonchev–Trinajstić information content (AvgIpc) is 3.64. The van der Waals surface area contributed by atoms with E-state index in [2.05, 4.69) is 46.8 Å². The number of carbonyl (C=O) groups is 5. The van der Waals surface area contributed by atoms with Gasteiger partial charge in [0.15, 0.2) is 17.2 Å². The molecule has 0 radical (unpaired) electrons. The molecule has 8 nitrogen and oxygen atoms in total. The van der Waals surface area contributed by atoms with Crippen LogP contribution in [0.2, 0.25) is 0 Å². The van der Waals surface area contributed by atoms with Crippen LogP contribution in [0.25, 0.3) is 0 Å². The highest BCUT2D eigenvalue weighted by Crippen LogP contribution is 2.69. The van der Waals surface area contributed by atoms with E-state index in [0.717, 1.165) is 77.0 Å². The van der Waals surface area contributed by atoms with Crippen LogP contribution in [0, 0.1) is 51.8 Å². The Labute approximate surface area is 341 Å². The predicted octanol–water partition coefficient (Wildman–Crippen LogP) is 10.2. The number of allylic oxidation sites excluding steroid dienone is 1. The van der Waals surface area contributed by atoms with E-state index < -0.39 is 5.60 Å². The van der Waals surface area contributed by atoms with Crippen molar-refractivity contribution < 1.29 is 38.2 Å². The van der Waals surface area contributed by atoms with Gasteiger partial charge in [-0.05, 0) is 167 Å². The van der Waals surface area contributed by atoms with E-state index in [1.807, 2.05) is 12.1 Å². The summed E-state index contributed by atoms with van der Waals surface area (Å²) in [5.41, 5.74) is 3.15. The fourth-order valence-corrected chi connectivity index (χ4v) is 14.5. The Hall–Kier alpha value is -3.29. The second kappa shape index (κ2) is 15.7. The van der Waals surface area contributed by atoms with Crippen LogP contribution in [0.15, 0.2) is 29.8 Å². The maximum atomic E-state index is 12.8. The van der Waals surface area contributed by atoms with Crippen molar-refractivity contribution >= 4 is 29.5 Å². The van der Waals surface area contributed by atoms with E-state index in [4.69, 9.17) is 14.2 Å². The molecule has 12 atom stereocenters. The average molecular weight is 785 g/mol. The van der Waals surface area contributed by atoms with Crippen LogP contribution in [-0.4, -0.2) is 41.2 Å². The zero-order valence-corrected chi connectivity index (χ0v) is 36.0. The fourth-order valence-electron chi connectivity index (χ4n) is 14.5. The predicted molar refractivity (Wildman–Crippen MR) is 218 cm³/mol. The molecular formula is C49H68O8. The molecule has 5 fully saturated rings. The minimum Gasteiger partial charge on any atom is -0.462 e. The van der Waals surface area contributed by atoms with E-state index in [9.17, 15) is 24.0 Å². The van der Waals surface area contributed by atoms with Crippen LogP contribution in [-0.2, 0) is 39.9 Å². The molecule has 8 rings (SSSR count). The van der Waals surface area contributed by atoms with Gasteiger partial charge >= 0.3 is 17.9 Å². The number of ketones is 2. The summed E-state index contributed by atoms with van der Waals surface area (Å²) in [6, 6.07) is 6.28. The van der Waals surface area contributed by atoms with Gasteiger partial charge < -0.3 is 14.2 Å². The molecule has 57 heavy (non-hydrogen) atoms. The Bertz CT molecular complexity index is 1810. The summed E-state index contributed by atoms with van der Waals surface area (Å²) in [5.74, 6) is 4.12. The van der Waals surface area contributed by atoms with Crippen LogP contribution in [0.4, 0.5) is 0 Å². The molecule has 1 aromatic rings. The number of benzene rings is 1. The van der Waals surface area contributed by atoms with Gasteiger partial charge in [0.1, 0.15) is 11.9 Å². The van der Waals surface area contributed by atoms with Gasteiger partial charge in [0.25, 0.3) is 0 Å². The number of Topliss-reactive ketones (excluding diaryl/α,β-unsaturated/α-hetero) is 1. The van der Waals surface area contributed by atoms with E-state index >= 15 is 0 Å². The minimum atomic E-state index is -0.961. The van der Waals surface area contributed by atoms with Gasteiger partial charge in [-0.1, -0.05) is 52.7 Å². The molecule has 0 unspecified atom stereocenters. The molecule has 0 aliphatic heterocycles. The number of ether oxygens (including phenoxy) is 3. The summed E-state index contributed by atoms with van der Waals surface area (Å²) in [4.78, 5) is 60.4. The third kappa shape index (κ3) is 7.15. The van der Waals surface area contributed by atoms with E-state index in [1.165, 1.54) is 37.0 Å². The van der Waals surface area contributed by atoms with Gasteiger partial charge in [-0.3, -0.25) is 24.0 Å². The van der Waals surface area contributed by atoms with Crippen molar-refractivity contribution in [3.63, 3.8) is 0 Å². The highest BCUT2D eigenvalue weighted by molar-refractivity contribution is 5.92. The normalized spacial score (nSPS) is 39.9. The lowest BCUT2D eigenvalue weighted by Gasteiger charge is -2.60. The molecular weight excluding hydrogens is 717 g/mol. The Morgan fingerprint density at radius 3 is 2.26 bits per heavy atom. The quantitative estimate of drug-likeness (QED) is 0.198. The first-order chi connectivity index (χ1) is 27.0. The molecule has 5 saturated carbocycles. The Morgan fingerprint density at radius 2 is 1.56 bits per heavy atom. The van der Waals surface area contributed by atoms with E-state index in [1.54, 1.807) is 6.92 Å². The van der Waals surface area contributed by atoms with E-state index in [-0.39, 0.29) is 51.8 Å². The first kappa shape index (κ1) is 41.9. The number of hydrogen-bond acceptors (Lipinski definition) is 8. The third-order valence-corrected chi connectivity index (χ3v) is 17.2. The number of fused-ring (bicyclic) bond motifs is 10. The van der Waals surface area contributed by atoms with Crippen molar-refractivity contribution in [2.45, 2.75) is 176 Å². The van der Waals surface area contributed by atoms with Gasteiger partial charge in [-0.25, -0.2) is 0 Å². The van der Waals surface area contributed by atoms with Crippen molar-refractivity contribution in [3.8, 4) is 5.75 Å². The summed E-state index contributed by atoms with van der Waals surface area (Å²) >= 11 is 0. The highest BCUT2D eigenvalue weighted by Gasteiger charge is 2.68. The highest BCUT2D eigenvalue weighted by atomic mass is 16.6. The molecule has 8 heteroatoms. The summed E-state index contributed by atoms with van der Waals surface area (Å²) in [5, 5.41) is 0. The molecule has 0 amide bonds. The molecule has 0 spiro atoms. The summed E-state index contributed by atoms with van der Waals surface area (Å²) < 4.78 is 17.1. The smallest absolute Gasteiger partial charge is 0.311 e. The SMILES string of the molecule is CC(=O)O[C@]1(C(C)=O)CC[C@H]2[C@@H]3C[C@H](C)C4=CC(=O)CC[C@]4(C)[C@H]3CC[C@@]21C.CCCCC(=O)Oc1ccc2c(c1)CC[C@@H]1[C@@H]2CC[C@]2(C)[C@@H](OC(C)=O)CC[C@@H]12. The van der Waals surface area contributed by atoms with Gasteiger partial charge in [0.2, 0.25) is 0 Å². The maximum absolute atomic E-state index is 12.8. The van der Waals surface area contributed by atoms with Gasteiger partial charge in [-0.15, -0.1) is 0 Å². The zero-order chi connectivity index (χ0) is 41.1. The molecule has 7 aliphatic carbocycles. The summed E-state index contributed by atoms with van der Waals surface area (Å²) in [7, 11) is 0. The lowest BCUT2D eigenvalue weighted by molar-refractivity contribution is -0.187. The number of esters is 3. The van der Waals surface area contributed by atoms with E-state index in [0.29, 0.717) is 66.4 Å². The number of aryl methyl sites for hydroxylation is 1. The second-order valence-corrected chi connectivity index (χ2v) is 20.0. The monoisotopic (exact) mass is 784 g/mol. The largest absolute Gasteiger partial charge is 0.462 e. The molecule has 1 aromatic carbocycles. The fraction of sp³-hybridized carbons (Fsp3) is 0.735. The van der Waals surface area contributed by atoms with Gasteiger partial charge in [0, 0.05) is 37.5 Å². The van der Waals surface area contributed by atoms with Crippen LogP contribution >= 0.6 is 0 Å². The molecule has 0 saturated heterocycles. The van der Waals surface area contributed by atoms with Crippen LogP contribution < -0.4 is 4.74 Å². The molecule has 7 aliphatic rings. The Morgan fingerprint density at radius 1 is 0.807 bits per heavy atom. The molecule has 0 aromatic heterocycles. The number of rotatable bonds is 7. The standard InChI is InChI=1S/C25H34O4.C24H34O4/c1-4-5-6-24(27)29-18-8-10-19-17(15-18)7-9-21-20(19)13-14-25(3)22(21)11-12-23(25)28-16(2)26;1-14-12-18-19(22(4)9-6-17(27)13-21(14)22)7-10-23(5)20(18)8-11-24(23,15(2)25)28-16(3)26/h8,10,15,20-23H,4-7,9,11-14H2,1-3H3;13-14,18-20H,6-12H2,1-5H3/t20-,21-,22+,23+,25+;14-,18+,19-,20-,22+,23-,24-/m10/s1. The second-order valence-electron chi connectivity index (χ2n) is 20.0. The van der Waals surface area contributed by atoms with Crippen molar-refractivity contribution in [3.05, 3.63) is 41.0 Å². The van der Waals surface area contributed by atoms with Crippen LogP contribution in [0.3, 0.4) is 0 Å². The maximum Gasteiger partial charge on any atom is 0.311 e. The summed E-state index contributed by atoms with van der Waals surface area (Å²) in [6.45, 7) is 15.8. The third-order valence-electron chi connectivity index (χ3n) is 17.2. The minimum absolute atomic E-state index is 0.00469. The zero-order valence-electron chi connectivity index (χ0n) is 36.0. The molecule has 0 N–H and O–H groups in total. The number of carbonyl (C=O) groups excluding carboxylic acids is 5. The molecule has 0 bridgehead atoms. The van der Waals surface area contributed by atoms with Gasteiger partial charge in [0.05, 0.1) is 0 Å². The first-order valence-corrected chi connectivity index (χ1v) is 22.4. The number of unbranched alkanes of at least 4 members (excludes halogenated alkanes) is 1. The Kier molecular flexibility index (Phi) is 11.5. The van der Waals surface area contributed by atoms with Crippen molar-refractivity contribution in [2.24, 2.45) is 51.8 Å². The van der Waals surface area contributed by atoms with Gasteiger partial charge in [-0.2, -0.15) is 0 Å². The molecule has 312 valence electrons. The van der Waals surface area contributed by atoms with Crippen molar-refractivity contribution in [1.29, 1.82) is 0 Å². The topological polar surface area (TPSA) is 113 Å². The number of hydrogen-bond donors (Lipinski definition) is 0. The lowest BCUT2D eigenvalue weighted by Crippen LogP contribution is -2.59. The van der Waals surface area contributed by atoms with Crippen molar-refractivity contribution in [1.82, 2.24) is 0 Å². The lowest BCUT2D eigenvalue weighted by atomic mass is 9.44. The molecule has 0 heterocycles. The van der Waals surface area contributed by atoms with Crippen molar-refractivity contribution in [2.75, 3.05) is 0 Å². The Balaban J connectivity index is 0.000000174. The van der Waals surface area contributed by atoms with Crippen LogP contribution in [0.1, 0.15) is 169 Å². The van der Waals surface area contributed by atoms with Crippen LogP contribution in [0.5, 0.6) is 5.75 Å². The summed E-state index contributed by atoms with van der Waals surface area (Å²) in [6.07, 6.45) is 17.3. The first-order valence-electron chi connectivity index (χ1n) is 22.4.